The van der Waals surface area contributed by atoms with Gasteiger partial charge in [0.15, 0.2) is 0 Å². The maximum absolute atomic E-state index is 3.65. The first kappa shape index (κ1) is 26.5. The van der Waals surface area contributed by atoms with E-state index in [0.717, 1.165) is 37.3 Å². The van der Waals surface area contributed by atoms with Crippen LogP contribution in [-0.2, 0) is 6.42 Å². The second-order valence-corrected chi connectivity index (χ2v) is 13.7. The van der Waals surface area contributed by atoms with Crippen LogP contribution < -0.4 is 0 Å². The summed E-state index contributed by atoms with van der Waals surface area (Å²) in [6.07, 6.45) is 18.8. The SMILES string of the molecule is CCC1CC2CN(CCc3c[nH]c4ccccc34)C1C=C2C(CN1CC2C=CC1C(CC)C2)c1c[nH]c2ccccc12. The van der Waals surface area contributed by atoms with Crippen LogP contribution in [0, 0.1) is 23.7 Å². The van der Waals surface area contributed by atoms with E-state index in [1.165, 1.54) is 71.7 Å². The summed E-state index contributed by atoms with van der Waals surface area (Å²) in [5.74, 6) is 3.38. The number of benzene rings is 2. The molecule has 7 unspecified atom stereocenters. The second kappa shape index (κ2) is 10.9. The van der Waals surface area contributed by atoms with Gasteiger partial charge in [-0.15, -0.1) is 0 Å². The van der Waals surface area contributed by atoms with Gasteiger partial charge >= 0.3 is 0 Å². The summed E-state index contributed by atoms with van der Waals surface area (Å²) in [5, 5.41) is 2.80. The predicted molar refractivity (Wildman–Crippen MR) is 175 cm³/mol. The van der Waals surface area contributed by atoms with Crippen molar-refractivity contribution in [3.05, 3.63) is 95.9 Å². The summed E-state index contributed by atoms with van der Waals surface area (Å²) in [4.78, 5) is 12.8. The highest BCUT2D eigenvalue weighted by Crippen LogP contribution is 2.48. The van der Waals surface area contributed by atoms with E-state index in [2.05, 4.69) is 113 Å². The molecule has 218 valence electrons. The maximum Gasteiger partial charge on any atom is 0.0457 e. The number of nitrogens with zero attached hydrogens (tertiary/aromatic N) is 2. The number of aromatic nitrogens is 2. The van der Waals surface area contributed by atoms with E-state index in [1.54, 1.807) is 5.57 Å². The number of hydrogen-bond acceptors (Lipinski definition) is 2. The third kappa shape index (κ3) is 4.50. The Morgan fingerprint density at radius 2 is 1.52 bits per heavy atom. The molecule has 7 atom stereocenters. The molecular formula is C38H46N4. The Bertz CT molecular complexity index is 1620. The van der Waals surface area contributed by atoms with Gasteiger partial charge in [-0.05, 0) is 66.2 Å². The van der Waals surface area contributed by atoms with Crippen LogP contribution in [0.5, 0.6) is 0 Å². The van der Waals surface area contributed by atoms with Gasteiger partial charge in [-0.25, -0.2) is 0 Å². The average Bonchev–Trinajstić information content (AvgIpc) is 3.67. The van der Waals surface area contributed by atoms with E-state index in [9.17, 15) is 0 Å². The van der Waals surface area contributed by atoms with Crippen molar-refractivity contribution in [2.24, 2.45) is 23.7 Å². The Balaban J connectivity index is 1.12. The topological polar surface area (TPSA) is 38.1 Å². The van der Waals surface area contributed by atoms with Gasteiger partial charge in [0.25, 0.3) is 0 Å². The number of fused-ring (bicyclic) bond motifs is 6. The molecule has 6 heterocycles. The van der Waals surface area contributed by atoms with Gasteiger partial charge in [0.05, 0.1) is 0 Å². The molecule has 2 N–H and O–H groups in total. The zero-order valence-corrected chi connectivity index (χ0v) is 25.3. The molecule has 2 aromatic heterocycles. The molecule has 4 heteroatoms. The van der Waals surface area contributed by atoms with Crippen molar-refractivity contribution in [1.29, 1.82) is 0 Å². The number of piperidine rings is 2. The van der Waals surface area contributed by atoms with Crippen LogP contribution in [0.25, 0.3) is 21.8 Å². The van der Waals surface area contributed by atoms with E-state index >= 15 is 0 Å². The lowest BCUT2D eigenvalue weighted by Crippen LogP contribution is -2.54. The highest BCUT2D eigenvalue weighted by molar-refractivity contribution is 5.84. The number of aromatic amines is 2. The lowest BCUT2D eigenvalue weighted by molar-refractivity contribution is 0.0598. The fourth-order valence-corrected chi connectivity index (χ4v) is 9.37. The zero-order valence-electron chi connectivity index (χ0n) is 25.3. The van der Waals surface area contributed by atoms with Crippen molar-refractivity contribution in [3.8, 4) is 0 Å². The molecule has 0 spiro atoms. The first-order chi connectivity index (χ1) is 20.7. The fourth-order valence-electron chi connectivity index (χ4n) is 9.37. The van der Waals surface area contributed by atoms with Crippen molar-refractivity contribution >= 4 is 21.8 Å². The maximum atomic E-state index is 3.65. The molecule has 4 aliphatic heterocycles. The van der Waals surface area contributed by atoms with Crippen molar-refractivity contribution in [3.63, 3.8) is 0 Å². The summed E-state index contributed by atoms with van der Waals surface area (Å²) in [7, 11) is 0. The fraction of sp³-hybridized carbons (Fsp3) is 0.474. The summed E-state index contributed by atoms with van der Waals surface area (Å²) in [6, 6.07) is 18.9. The lowest BCUT2D eigenvalue weighted by atomic mass is 9.67. The molecule has 6 aliphatic rings. The number of rotatable bonds is 9. The van der Waals surface area contributed by atoms with Crippen molar-refractivity contribution in [1.82, 2.24) is 19.8 Å². The Kier molecular flexibility index (Phi) is 6.88. The Morgan fingerprint density at radius 1 is 0.786 bits per heavy atom. The third-order valence-electron chi connectivity index (χ3n) is 11.5. The van der Waals surface area contributed by atoms with Gasteiger partial charge in [0.1, 0.15) is 0 Å². The van der Waals surface area contributed by atoms with E-state index in [0.29, 0.717) is 23.9 Å². The monoisotopic (exact) mass is 558 g/mol. The molecule has 42 heavy (non-hydrogen) atoms. The molecule has 4 bridgehead atoms. The van der Waals surface area contributed by atoms with E-state index in [1.807, 2.05) is 0 Å². The molecule has 2 aliphatic carbocycles. The van der Waals surface area contributed by atoms with E-state index in [-0.39, 0.29) is 0 Å². The van der Waals surface area contributed by atoms with Crippen LogP contribution in [0.3, 0.4) is 0 Å². The summed E-state index contributed by atoms with van der Waals surface area (Å²) < 4.78 is 0. The van der Waals surface area contributed by atoms with Gasteiger partial charge in [-0.3, -0.25) is 9.80 Å². The molecular weight excluding hydrogens is 512 g/mol. The highest BCUT2D eigenvalue weighted by atomic mass is 15.2. The first-order valence-electron chi connectivity index (χ1n) is 16.7. The number of para-hydroxylation sites is 2. The van der Waals surface area contributed by atoms with Crippen molar-refractivity contribution in [2.75, 3.05) is 26.2 Å². The molecule has 0 saturated carbocycles. The molecule has 2 fully saturated rings. The highest BCUT2D eigenvalue weighted by Gasteiger charge is 2.44. The molecule has 4 nitrogen and oxygen atoms in total. The van der Waals surface area contributed by atoms with Gasteiger partial charge in [-0.2, -0.15) is 0 Å². The van der Waals surface area contributed by atoms with Gasteiger partial charge in [0, 0.05) is 78.4 Å². The molecule has 0 amide bonds. The van der Waals surface area contributed by atoms with Crippen LogP contribution in [0.1, 0.15) is 56.6 Å². The van der Waals surface area contributed by atoms with Crippen LogP contribution in [0.15, 0.2) is 84.7 Å². The van der Waals surface area contributed by atoms with E-state index < -0.39 is 0 Å². The average molecular weight is 559 g/mol. The van der Waals surface area contributed by atoms with Crippen LogP contribution in [0.4, 0.5) is 0 Å². The quantitative estimate of drug-likeness (QED) is 0.205. The standard InChI is InChI=1S/C38H46N4/c1-3-26-17-25-13-14-37(26)42(22-25)24-34(33-21-40-36-12-8-6-10-31(33)36)32-19-38-27(4-2)18-29(32)23-41(38)16-15-28-20-39-35-11-7-5-9-30(28)35/h5-14,19-21,25-27,29,34,37-40H,3-4,15-18,22-24H2,1-2H3. The largest absolute Gasteiger partial charge is 0.361 e. The lowest BCUT2D eigenvalue weighted by Gasteiger charge is -2.52. The van der Waals surface area contributed by atoms with Gasteiger partial charge in [-0.1, -0.05) is 86.9 Å². The van der Waals surface area contributed by atoms with Crippen molar-refractivity contribution in [2.45, 2.75) is 64.0 Å². The smallest absolute Gasteiger partial charge is 0.0457 e. The molecule has 2 saturated heterocycles. The Morgan fingerprint density at radius 3 is 2.31 bits per heavy atom. The minimum Gasteiger partial charge on any atom is -0.361 e. The van der Waals surface area contributed by atoms with Crippen LogP contribution in [-0.4, -0.2) is 58.0 Å². The van der Waals surface area contributed by atoms with Crippen LogP contribution in [0.2, 0.25) is 0 Å². The van der Waals surface area contributed by atoms with Crippen LogP contribution >= 0.6 is 0 Å². The molecule has 10 rings (SSSR count). The zero-order chi connectivity index (χ0) is 28.2. The van der Waals surface area contributed by atoms with Crippen molar-refractivity contribution < 1.29 is 0 Å². The van der Waals surface area contributed by atoms with Gasteiger partial charge in [0.2, 0.25) is 0 Å². The second-order valence-electron chi connectivity index (χ2n) is 13.7. The third-order valence-corrected chi connectivity index (χ3v) is 11.5. The number of hydrogen-bond donors (Lipinski definition) is 2. The number of nitrogens with one attached hydrogen (secondary N) is 2. The van der Waals surface area contributed by atoms with E-state index in [4.69, 9.17) is 0 Å². The molecule has 0 radical (unpaired) electrons. The minimum atomic E-state index is 0.451. The number of H-pyrrole nitrogens is 2. The summed E-state index contributed by atoms with van der Waals surface area (Å²) in [6.45, 7) is 9.53. The Hall–Kier alpha value is -3.08. The predicted octanol–water partition coefficient (Wildman–Crippen LogP) is 7.92. The first-order valence-corrected chi connectivity index (χ1v) is 16.7. The minimum absolute atomic E-state index is 0.451. The molecule has 2 aromatic carbocycles. The summed E-state index contributed by atoms with van der Waals surface area (Å²) >= 11 is 0. The van der Waals surface area contributed by atoms with Gasteiger partial charge < -0.3 is 9.97 Å². The normalized spacial score (nSPS) is 30.0. The molecule has 4 aromatic rings. The summed E-state index contributed by atoms with van der Waals surface area (Å²) in [5.41, 5.74) is 7.24. The Labute approximate surface area is 250 Å².